The number of fused-ring (bicyclic) bond motifs is 1. The Labute approximate surface area is 133 Å². The number of alkyl halides is 1. The van der Waals surface area contributed by atoms with Crippen LogP contribution in [0.3, 0.4) is 0 Å². The standard InChI is InChI=1S/C18H15FN2S/c1-13-21(10-4-9-19)17-8-7-14(11-18(17)22-13)16-6-3-2-5-15(16)12-20/h2-3,5-8,11H,1,4,9-10H2. The second-order valence-electron chi connectivity index (χ2n) is 5.03. The van der Waals surface area contributed by atoms with E-state index in [1.165, 1.54) is 0 Å². The molecule has 2 aromatic carbocycles. The lowest BCUT2D eigenvalue weighted by molar-refractivity contribution is 0.475. The van der Waals surface area contributed by atoms with Crippen molar-refractivity contribution in [1.82, 2.24) is 0 Å². The van der Waals surface area contributed by atoms with Crippen molar-refractivity contribution >= 4 is 17.4 Å². The number of halogens is 1. The second-order valence-corrected chi connectivity index (χ2v) is 6.15. The molecular weight excluding hydrogens is 295 g/mol. The molecule has 4 heteroatoms. The Kier molecular flexibility index (Phi) is 4.17. The van der Waals surface area contributed by atoms with E-state index in [9.17, 15) is 9.65 Å². The predicted molar refractivity (Wildman–Crippen MR) is 89.5 cm³/mol. The molecule has 0 N–H and O–H groups in total. The Bertz CT molecular complexity index is 764. The first kappa shape index (κ1) is 14.7. The van der Waals surface area contributed by atoms with Crippen LogP contribution in [0.5, 0.6) is 0 Å². The molecular formula is C18H15FN2S. The molecule has 0 saturated heterocycles. The average Bonchev–Trinajstić information content (AvgIpc) is 2.87. The van der Waals surface area contributed by atoms with Crippen molar-refractivity contribution < 1.29 is 4.39 Å². The van der Waals surface area contributed by atoms with Crippen LogP contribution in [0.25, 0.3) is 11.1 Å². The summed E-state index contributed by atoms with van der Waals surface area (Å²) in [4.78, 5) is 3.16. The maximum Gasteiger partial charge on any atom is 0.0998 e. The molecule has 0 unspecified atom stereocenters. The van der Waals surface area contributed by atoms with Gasteiger partial charge in [-0.3, -0.25) is 4.39 Å². The van der Waals surface area contributed by atoms with E-state index in [2.05, 4.69) is 23.6 Å². The molecule has 0 fully saturated rings. The largest absolute Gasteiger partial charge is 0.335 e. The number of benzene rings is 2. The zero-order chi connectivity index (χ0) is 15.5. The number of hydrogen-bond donors (Lipinski definition) is 0. The average molecular weight is 310 g/mol. The molecule has 0 bridgehead atoms. The molecule has 3 rings (SSSR count). The maximum atomic E-state index is 12.4. The third-order valence-corrected chi connectivity index (χ3v) is 4.66. The lowest BCUT2D eigenvalue weighted by atomic mass is 10.00. The van der Waals surface area contributed by atoms with Gasteiger partial charge in [0.25, 0.3) is 0 Å². The Morgan fingerprint density at radius 1 is 1.23 bits per heavy atom. The fourth-order valence-electron chi connectivity index (χ4n) is 2.60. The summed E-state index contributed by atoms with van der Waals surface area (Å²) in [6, 6.07) is 15.9. The third kappa shape index (κ3) is 2.60. The minimum Gasteiger partial charge on any atom is -0.335 e. The quantitative estimate of drug-likeness (QED) is 0.798. The Morgan fingerprint density at radius 2 is 2.05 bits per heavy atom. The molecule has 0 aromatic heterocycles. The van der Waals surface area contributed by atoms with Crippen LogP contribution < -0.4 is 4.90 Å². The van der Waals surface area contributed by atoms with E-state index >= 15 is 0 Å². The number of nitriles is 1. The fraction of sp³-hybridized carbons (Fsp3) is 0.167. The highest BCUT2D eigenvalue weighted by atomic mass is 32.2. The number of nitrogens with zero attached hydrogens (tertiary/aromatic N) is 2. The van der Waals surface area contributed by atoms with Crippen LogP contribution in [0.15, 0.2) is 59.0 Å². The van der Waals surface area contributed by atoms with Gasteiger partial charge in [-0.25, -0.2) is 0 Å². The molecule has 1 heterocycles. The van der Waals surface area contributed by atoms with Gasteiger partial charge in [0.2, 0.25) is 0 Å². The Hall–Kier alpha value is -2.25. The van der Waals surface area contributed by atoms with Crippen LogP contribution in [0.2, 0.25) is 0 Å². The molecule has 1 aliphatic rings. The summed E-state index contributed by atoms with van der Waals surface area (Å²) in [7, 11) is 0. The van der Waals surface area contributed by atoms with Gasteiger partial charge in [0.1, 0.15) is 0 Å². The number of rotatable bonds is 4. The second kappa shape index (κ2) is 6.25. The molecule has 0 aliphatic carbocycles. The van der Waals surface area contributed by atoms with Crippen LogP contribution in [0.1, 0.15) is 12.0 Å². The van der Waals surface area contributed by atoms with Gasteiger partial charge in [-0.05, 0) is 35.7 Å². The minimum atomic E-state index is -0.322. The van der Waals surface area contributed by atoms with Crippen LogP contribution in [0.4, 0.5) is 10.1 Å². The van der Waals surface area contributed by atoms with E-state index in [1.807, 2.05) is 36.4 Å². The molecule has 0 spiro atoms. The van der Waals surface area contributed by atoms with Crippen molar-refractivity contribution in [3.63, 3.8) is 0 Å². The monoisotopic (exact) mass is 310 g/mol. The van der Waals surface area contributed by atoms with Gasteiger partial charge in [-0.15, -0.1) is 0 Å². The van der Waals surface area contributed by atoms with Gasteiger partial charge in [-0.2, -0.15) is 5.26 Å². The van der Waals surface area contributed by atoms with Gasteiger partial charge in [0, 0.05) is 11.4 Å². The highest BCUT2D eigenvalue weighted by Gasteiger charge is 2.23. The van der Waals surface area contributed by atoms with Gasteiger partial charge >= 0.3 is 0 Å². The number of anilines is 1. The summed E-state index contributed by atoms with van der Waals surface area (Å²) in [5.74, 6) is 0. The lowest BCUT2D eigenvalue weighted by Gasteiger charge is -2.19. The highest BCUT2D eigenvalue weighted by molar-refractivity contribution is 8.03. The first-order chi connectivity index (χ1) is 10.7. The normalized spacial score (nSPS) is 13.1. The van der Waals surface area contributed by atoms with Crippen molar-refractivity contribution in [3.05, 3.63) is 59.6 Å². The van der Waals surface area contributed by atoms with Crippen molar-refractivity contribution in [1.29, 1.82) is 5.26 Å². The summed E-state index contributed by atoms with van der Waals surface area (Å²) in [6.07, 6.45) is 0.498. The molecule has 0 radical (unpaired) electrons. The maximum absolute atomic E-state index is 12.4. The summed E-state index contributed by atoms with van der Waals surface area (Å²) in [5, 5.41) is 10.2. The number of thioether (sulfide) groups is 1. The third-order valence-electron chi connectivity index (χ3n) is 3.65. The van der Waals surface area contributed by atoms with E-state index in [-0.39, 0.29) is 6.67 Å². The van der Waals surface area contributed by atoms with Crippen LogP contribution >= 0.6 is 11.8 Å². The predicted octanol–water partition coefficient (Wildman–Crippen LogP) is 4.97. The number of hydrogen-bond acceptors (Lipinski definition) is 3. The van der Waals surface area contributed by atoms with Gasteiger partial charge in [0.15, 0.2) is 0 Å². The molecule has 2 nitrogen and oxygen atoms in total. The molecule has 2 aromatic rings. The zero-order valence-electron chi connectivity index (χ0n) is 12.1. The van der Waals surface area contributed by atoms with E-state index < -0.39 is 0 Å². The minimum absolute atomic E-state index is 0.322. The lowest BCUT2D eigenvalue weighted by Crippen LogP contribution is -2.18. The topological polar surface area (TPSA) is 27.0 Å². The van der Waals surface area contributed by atoms with Crippen LogP contribution in [-0.2, 0) is 0 Å². The van der Waals surface area contributed by atoms with Crippen LogP contribution in [0, 0.1) is 11.3 Å². The molecule has 1 aliphatic heterocycles. The molecule has 110 valence electrons. The van der Waals surface area contributed by atoms with E-state index in [1.54, 1.807) is 11.8 Å². The van der Waals surface area contributed by atoms with Crippen molar-refractivity contribution in [2.45, 2.75) is 11.3 Å². The molecule has 22 heavy (non-hydrogen) atoms. The van der Waals surface area contributed by atoms with Crippen molar-refractivity contribution in [3.8, 4) is 17.2 Å². The van der Waals surface area contributed by atoms with Crippen molar-refractivity contribution in [2.75, 3.05) is 18.1 Å². The molecule has 0 atom stereocenters. The van der Waals surface area contributed by atoms with E-state index in [0.29, 0.717) is 18.5 Å². The summed E-state index contributed by atoms with van der Waals surface area (Å²) in [5.41, 5.74) is 3.69. The fourth-order valence-corrected chi connectivity index (χ4v) is 3.62. The zero-order valence-corrected chi connectivity index (χ0v) is 12.9. The van der Waals surface area contributed by atoms with E-state index in [4.69, 9.17) is 0 Å². The Balaban J connectivity index is 1.98. The summed E-state index contributed by atoms with van der Waals surface area (Å²) < 4.78 is 12.4. The molecule has 0 amide bonds. The summed E-state index contributed by atoms with van der Waals surface area (Å²) in [6.45, 7) is 4.37. The van der Waals surface area contributed by atoms with Gasteiger partial charge in [0.05, 0.1) is 29.0 Å². The van der Waals surface area contributed by atoms with Crippen LogP contribution in [-0.4, -0.2) is 13.2 Å². The molecule has 0 saturated carbocycles. The van der Waals surface area contributed by atoms with Gasteiger partial charge in [-0.1, -0.05) is 42.6 Å². The van der Waals surface area contributed by atoms with Gasteiger partial charge < -0.3 is 4.90 Å². The first-order valence-corrected chi connectivity index (χ1v) is 7.90. The van der Waals surface area contributed by atoms with Crippen molar-refractivity contribution in [2.24, 2.45) is 0 Å². The highest BCUT2D eigenvalue weighted by Crippen LogP contribution is 2.46. The first-order valence-electron chi connectivity index (χ1n) is 7.08. The smallest absolute Gasteiger partial charge is 0.0998 e. The SMILES string of the molecule is C=C1Sc2cc(-c3ccccc3C#N)ccc2N1CCCF. The summed E-state index contributed by atoms with van der Waals surface area (Å²) >= 11 is 1.60. The van der Waals surface area contributed by atoms with E-state index in [0.717, 1.165) is 26.7 Å². The Morgan fingerprint density at radius 3 is 2.82 bits per heavy atom.